The summed E-state index contributed by atoms with van der Waals surface area (Å²) in [5.74, 6) is -0.0186. The van der Waals surface area contributed by atoms with E-state index in [1.807, 2.05) is 0 Å². The van der Waals surface area contributed by atoms with Gasteiger partial charge in [0.1, 0.15) is 11.8 Å². The van der Waals surface area contributed by atoms with Gasteiger partial charge in [-0.1, -0.05) is 0 Å². The zero-order valence-corrected chi connectivity index (χ0v) is 21.9. The molecule has 39 heavy (non-hydrogen) atoms. The molecule has 7 nitrogen and oxygen atoms in total. The van der Waals surface area contributed by atoms with E-state index >= 15 is 0 Å². The Hall–Kier alpha value is -2.43. The van der Waals surface area contributed by atoms with Crippen molar-refractivity contribution >= 4 is 18.6 Å². The van der Waals surface area contributed by atoms with E-state index in [-0.39, 0.29) is 16.1 Å². The molecular weight excluding hydrogens is 552 g/mol. The summed E-state index contributed by atoms with van der Waals surface area (Å²) in [5.41, 5.74) is -2.61. The lowest BCUT2D eigenvalue weighted by Gasteiger charge is -2.34. The standard InChI is InChI=1S/C22H29BF9N3O4/c1-7-35(17(36)34-15(21(27,28)29)8-9-20(24,25)26)16(22(30,31)32)13-10-12(14(37-6)11-33-13)23-38-18(2,3)19(4,5)39-23/h10-11,15-16H,7-9H2,1-6H3,(H,34,36). The molecule has 1 aliphatic rings. The summed E-state index contributed by atoms with van der Waals surface area (Å²) < 4.78 is 137. The number of ether oxygens (including phenoxy) is 1. The van der Waals surface area contributed by atoms with Crippen LogP contribution in [-0.2, 0) is 9.31 Å². The van der Waals surface area contributed by atoms with Crippen molar-refractivity contribution in [3.05, 3.63) is 18.0 Å². The van der Waals surface area contributed by atoms with E-state index in [1.165, 1.54) is 12.4 Å². The van der Waals surface area contributed by atoms with Crippen LogP contribution < -0.4 is 15.5 Å². The Balaban J connectivity index is 2.49. The summed E-state index contributed by atoms with van der Waals surface area (Å²) in [6, 6.07) is -6.89. The van der Waals surface area contributed by atoms with Crippen LogP contribution in [-0.4, -0.2) is 72.5 Å². The van der Waals surface area contributed by atoms with Crippen LogP contribution in [0.4, 0.5) is 44.3 Å². The van der Waals surface area contributed by atoms with Crippen molar-refractivity contribution in [1.29, 1.82) is 0 Å². The summed E-state index contributed by atoms with van der Waals surface area (Å²) in [4.78, 5) is 16.4. The van der Waals surface area contributed by atoms with E-state index < -0.39 is 80.0 Å². The summed E-state index contributed by atoms with van der Waals surface area (Å²) >= 11 is 0. The maximum atomic E-state index is 14.3. The van der Waals surface area contributed by atoms with Gasteiger partial charge < -0.3 is 24.3 Å². The molecule has 0 spiro atoms. The first-order valence-electron chi connectivity index (χ1n) is 11.7. The average molecular weight is 581 g/mol. The van der Waals surface area contributed by atoms with Crippen LogP contribution in [0.5, 0.6) is 5.75 Å². The molecule has 1 aliphatic heterocycles. The van der Waals surface area contributed by atoms with Crippen LogP contribution in [0.15, 0.2) is 12.3 Å². The summed E-state index contributed by atoms with van der Waals surface area (Å²) in [5, 5.41) is 1.28. The molecule has 0 bridgehead atoms. The number of methoxy groups -OCH3 is 1. The van der Waals surface area contributed by atoms with Crippen molar-refractivity contribution in [1.82, 2.24) is 15.2 Å². The zero-order chi connectivity index (χ0) is 30.2. The van der Waals surface area contributed by atoms with E-state index in [2.05, 4.69) is 4.98 Å². The number of hydrogen-bond donors (Lipinski definition) is 1. The lowest BCUT2D eigenvalue weighted by atomic mass is 9.78. The highest BCUT2D eigenvalue weighted by molar-refractivity contribution is 6.63. The number of amides is 2. The minimum Gasteiger partial charge on any atom is -0.496 e. The first-order chi connectivity index (χ1) is 17.5. The molecule has 1 saturated heterocycles. The third kappa shape index (κ3) is 7.83. The van der Waals surface area contributed by atoms with E-state index in [0.717, 1.165) is 19.2 Å². The molecular formula is C22H29BF9N3O4. The van der Waals surface area contributed by atoms with Crippen molar-refractivity contribution in [2.45, 2.75) is 89.3 Å². The highest BCUT2D eigenvalue weighted by Crippen LogP contribution is 2.40. The van der Waals surface area contributed by atoms with Crippen molar-refractivity contribution in [2.24, 2.45) is 0 Å². The first kappa shape index (κ1) is 32.8. The van der Waals surface area contributed by atoms with Crippen LogP contribution in [0.25, 0.3) is 0 Å². The zero-order valence-electron chi connectivity index (χ0n) is 21.9. The fourth-order valence-electron chi connectivity index (χ4n) is 3.75. The number of alkyl halides is 9. The number of carbonyl (C=O) groups is 1. The Labute approximate surface area is 219 Å². The van der Waals surface area contributed by atoms with Crippen molar-refractivity contribution in [3.8, 4) is 5.75 Å². The van der Waals surface area contributed by atoms with Crippen LogP contribution in [0.2, 0.25) is 0 Å². The highest BCUT2D eigenvalue weighted by Gasteiger charge is 2.54. The van der Waals surface area contributed by atoms with Crippen molar-refractivity contribution < 1.29 is 58.4 Å². The van der Waals surface area contributed by atoms with Crippen LogP contribution in [0.3, 0.4) is 0 Å². The lowest BCUT2D eigenvalue weighted by molar-refractivity contribution is -0.182. The van der Waals surface area contributed by atoms with Gasteiger partial charge in [0.05, 0.1) is 30.2 Å². The molecule has 0 aromatic carbocycles. The molecule has 2 rings (SSSR count). The molecule has 0 saturated carbocycles. The van der Waals surface area contributed by atoms with Crippen LogP contribution in [0, 0.1) is 0 Å². The number of pyridine rings is 1. The SMILES string of the molecule is CCN(C(=O)NC(CCC(F)(F)F)C(F)(F)F)C(c1cc(B2OC(C)(C)C(C)(C)O2)c(OC)cn1)C(F)(F)F. The molecule has 1 aromatic rings. The number of urea groups is 1. The Morgan fingerprint density at radius 2 is 1.59 bits per heavy atom. The third-order valence-electron chi connectivity index (χ3n) is 6.56. The Morgan fingerprint density at radius 1 is 1.05 bits per heavy atom. The van der Waals surface area contributed by atoms with Gasteiger partial charge in [-0.25, -0.2) is 4.79 Å². The quantitative estimate of drug-likeness (QED) is 0.334. The predicted octanol–water partition coefficient (Wildman–Crippen LogP) is 5.30. The largest absolute Gasteiger partial charge is 0.498 e. The van der Waals surface area contributed by atoms with E-state index in [9.17, 15) is 44.3 Å². The third-order valence-corrected chi connectivity index (χ3v) is 6.56. The van der Waals surface area contributed by atoms with Gasteiger partial charge in [-0.05, 0) is 47.1 Å². The van der Waals surface area contributed by atoms with E-state index in [1.54, 1.807) is 27.7 Å². The maximum Gasteiger partial charge on any atom is 0.498 e. The van der Waals surface area contributed by atoms with Gasteiger partial charge in [-0.3, -0.25) is 4.98 Å². The number of aromatic nitrogens is 1. The minimum absolute atomic E-state index is 0.00908. The predicted molar refractivity (Wildman–Crippen MR) is 121 cm³/mol. The first-order valence-corrected chi connectivity index (χ1v) is 11.7. The Kier molecular flexibility index (Phi) is 9.43. The van der Waals surface area contributed by atoms with Gasteiger partial charge in [0.25, 0.3) is 0 Å². The highest BCUT2D eigenvalue weighted by atomic mass is 19.4. The lowest BCUT2D eigenvalue weighted by Crippen LogP contribution is -2.54. The summed E-state index contributed by atoms with van der Waals surface area (Å²) in [7, 11) is -0.00193. The smallest absolute Gasteiger partial charge is 0.496 e. The molecule has 0 aliphatic carbocycles. The second kappa shape index (κ2) is 11.2. The summed E-state index contributed by atoms with van der Waals surface area (Å²) in [6.07, 6.45) is -18.2. The molecule has 17 heteroatoms. The second-order valence-corrected chi connectivity index (χ2v) is 9.87. The molecule has 2 unspecified atom stereocenters. The number of carbonyl (C=O) groups excluding carboxylic acids is 1. The minimum atomic E-state index is -5.35. The topological polar surface area (TPSA) is 72.9 Å². The van der Waals surface area contributed by atoms with Gasteiger partial charge in [0.15, 0.2) is 6.04 Å². The van der Waals surface area contributed by atoms with Crippen LogP contribution in [0.1, 0.15) is 59.2 Å². The number of hydrogen-bond acceptors (Lipinski definition) is 5. The van der Waals surface area contributed by atoms with Crippen molar-refractivity contribution in [2.75, 3.05) is 13.7 Å². The summed E-state index contributed by atoms with van der Waals surface area (Å²) in [6.45, 7) is 7.07. The maximum absolute atomic E-state index is 14.3. The molecule has 2 atom stereocenters. The number of rotatable bonds is 8. The van der Waals surface area contributed by atoms with Crippen LogP contribution >= 0.6 is 0 Å². The van der Waals surface area contributed by atoms with E-state index in [4.69, 9.17) is 14.0 Å². The number of nitrogens with zero attached hydrogens (tertiary/aromatic N) is 2. The molecule has 0 radical (unpaired) electrons. The van der Waals surface area contributed by atoms with Gasteiger partial charge in [0.2, 0.25) is 0 Å². The number of halogens is 9. The molecule has 1 fully saturated rings. The number of nitrogens with one attached hydrogen (secondary N) is 1. The normalized spacial score (nSPS) is 19.0. The molecule has 2 heterocycles. The second-order valence-electron chi connectivity index (χ2n) is 9.87. The molecule has 1 N–H and O–H groups in total. The van der Waals surface area contributed by atoms with Crippen molar-refractivity contribution in [3.63, 3.8) is 0 Å². The van der Waals surface area contributed by atoms with Gasteiger partial charge in [-0.15, -0.1) is 0 Å². The fourth-order valence-corrected chi connectivity index (χ4v) is 3.75. The fraction of sp³-hybridized carbons (Fsp3) is 0.727. The Morgan fingerprint density at radius 3 is 2.00 bits per heavy atom. The molecule has 222 valence electrons. The molecule has 2 amide bonds. The van der Waals surface area contributed by atoms with Gasteiger partial charge in [0, 0.05) is 18.4 Å². The Bertz CT molecular complexity index is 1000. The average Bonchev–Trinajstić information content (AvgIpc) is 2.98. The van der Waals surface area contributed by atoms with E-state index in [0.29, 0.717) is 0 Å². The monoisotopic (exact) mass is 581 g/mol. The van der Waals surface area contributed by atoms with Gasteiger partial charge in [-0.2, -0.15) is 39.5 Å². The molecule has 1 aromatic heterocycles. The van der Waals surface area contributed by atoms with Gasteiger partial charge >= 0.3 is 31.7 Å².